The molecule has 0 spiro atoms. The summed E-state index contributed by atoms with van der Waals surface area (Å²) >= 11 is 0. The van der Waals surface area contributed by atoms with Crippen LogP contribution in [-0.2, 0) is 113 Å². The molecule has 5 aromatic rings. The van der Waals surface area contributed by atoms with Crippen LogP contribution in [0.15, 0.2) is 71.7 Å². The number of esters is 2. The molecule has 1 atom stereocenters. The molecule has 4 aliphatic rings. The number of hydrogen-bond acceptors (Lipinski definition) is 19. The number of hydrogen-bond donors (Lipinski definition) is 4. The van der Waals surface area contributed by atoms with Gasteiger partial charge in [0.15, 0.2) is 5.78 Å². The SMILES string of the molecule is CCc1c2c(nc3ccc(O)cc13)-c1cc3c(c(=O)n1C2)COC(=O)[C@@]3(CC)OC(=O)CNC(=O)OCc1ccc(CC(=O)COCC(=O)NCCOCCOCCn2cc(CNC(=O)C3CCC(CN4C(=O)C=CC4=O)CC3)nn2)cc1. The first kappa shape index (κ1) is 59.0. The van der Waals surface area contributed by atoms with Gasteiger partial charge in [-0.05, 0) is 85.4 Å². The molecule has 83 heavy (non-hydrogen) atoms. The summed E-state index contributed by atoms with van der Waals surface area (Å²) in [6.07, 6.45) is 6.83. The van der Waals surface area contributed by atoms with Gasteiger partial charge in [-0.1, -0.05) is 43.3 Å². The van der Waals surface area contributed by atoms with Crippen molar-refractivity contribution in [3.8, 4) is 17.1 Å². The van der Waals surface area contributed by atoms with Crippen LogP contribution in [-0.4, -0.2) is 141 Å². The number of aromatic nitrogens is 5. The minimum Gasteiger partial charge on any atom is -0.508 e. The number of aryl methyl sites for hydroxylation is 1. The number of alkyl carbamates (subject to hydrolysis) is 1. The van der Waals surface area contributed by atoms with Crippen molar-refractivity contribution in [2.75, 3.05) is 59.3 Å². The number of ether oxygens (including phenoxy) is 6. The molecule has 1 fully saturated rings. The molecule has 0 radical (unpaired) electrons. The molecule has 438 valence electrons. The Bertz CT molecular complexity index is 3370. The van der Waals surface area contributed by atoms with Crippen LogP contribution in [0, 0.1) is 11.8 Å². The van der Waals surface area contributed by atoms with E-state index in [4.69, 9.17) is 33.4 Å². The molecule has 1 saturated carbocycles. The van der Waals surface area contributed by atoms with Gasteiger partial charge in [-0.3, -0.25) is 38.5 Å². The Morgan fingerprint density at radius 3 is 2.33 bits per heavy atom. The number of ketones is 1. The van der Waals surface area contributed by atoms with Crippen LogP contribution < -0.4 is 21.5 Å². The monoisotopic (exact) mass is 1140 g/mol. The van der Waals surface area contributed by atoms with Gasteiger partial charge in [-0.15, -0.1) is 5.10 Å². The Kier molecular flexibility index (Phi) is 19.1. The second kappa shape index (κ2) is 26.9. The first-order valence-corrected chi connectivity index (χ1v) is 27.6. The van der Waals surface area contributed by atoms with Crippen molar-refractivity contribution in [1.82, 2.24) is 45.4 Å². The molecule has 9 rings (SSSR count). The summed E-state index contributed by atoms with van der Waals surface area (Å²) in [5.41, 5.74) is 3.14. The minimum atomic E-state index is -1.99. The molecule has 4 N–H and O–H groups in total. The highest BCUT2D eigenvalue weighted by Crippen LogP contribution is 2.42. The molecule has 6 heterocycles. The summed E-state index contributed by atoms with van der Waals surface area (Å²) in [6.45, 7) is 4.51. The van der Waals surface area contributed by atoms with E-state index in [0.717, 1.165) is 29.4 Å². The first-order valence-electron chi connectivity index (χ1n) is 27.6. The summed E-state index contributed by atoms with van der Waals surface area (Å²) in [5.74, 6) is -2.99. The normalized spacial score (nSPS) is 17.9. The zero-order chi connectivity index (χ0) is 58.6. The average molecular weight is 1140 g/mol. The largest absolute Gasteiger partial charge is 0.508 e. The summed E-state index contributed by atoms with van der Waals surface area (Å²) in [5, 5.41) is 27.1. The Morgan fingerprint density at radius 1 is 0.831 bits per heavy atom. The maximum absolute atomic E-state index is 14.0. The number of phenolic OH excluding ortho intramolecular Hbond substituents is 1. The van der Waals surface area contributed by atoms with Crippen molar-refractivity contribution in [1.29, 1.82) is 0 Å². The molecule has 25 nitrogen and oxygen atoms in total. The number of nitrogens with zero attached hydrogens (tertiary/aromatic N) is 6. The molecule has 25 heteroatoms. The average Bonchev–Trinajstić information content (AvgIpc) is 2.84. The van der Waals surface area contributed by atoms with Crippen LogP contribution in [0.3, 0.4) is 0 Å². The van der Waals surface area contributed by atoms with E-state index in [2.05, 4.69) is 26.3 Å². The lowest BCUT2D eigenvalue weighted by atomic mass is 9.81. The Balaban J connectivity index is 0.603. The second-order valence-corrected chi connectivity index (χ2v) is 20.6. The predicted octanol–water partition coefficient (Wildman–Crippen LogP) is 2.74. The van der Waals surface area contributed by atoms with Gasteiger partial charge < -0.3 is 54.0 Å². The number of amides is 5. The molecule has 3 aliphatic heterocycles. The maximum atomic E-state index is 14.0. The van der Waals surface area contributed by atoms with Crippen LogP contribution in [0.25, 0.3) is 22.3 Å². The lowest BCUT2D eigenvalue weighted by Gasteiger charge is -2.35. The van der Waals surface area contributed by atoms with Crippen molar-refractivity contribution in [3.05, 3.63) is 116 Å². The first-order chi connectivity index (χ1) is 40.1. The molecular weight excluding hydrogens is 1080 g/mol. The number of benzene rings is 2. The van der Waals surface area contributed by atoms with Gasteiger partial charge in [0.2, 0.25) is 17.4 Å². The van der Waals surface area contributed by atoms with E-state index < -0.39 is 41.6 Å². The van der Waals surface area contributed by atoms with E-state index in [-0.39, 0.29) is 118 Å². The fraction of sp³-hybridized carbons (Fsp3) is 0.448. The molecule has 2 aromatic carbocycles. The fourth-order valence-corrected chi connectivity index (χ4v) is 10.7. The van der Waals surface area contributed by atoms with Crippen LogP contribution in [0.4, 0.5) is 4.79 Å². The molecule has 0 unspecified atom stereocenters. The van der Waals surface area contributed by atoms with E-state index in [1.54, 1.807) is 64.8 Å². The third kappa shape index (κ3) is 14.2. The number of phenols is 1. The molecule has 3 aromatic heterocycles. The highest BCUT2D eigenvalue weighted by molar-refractivity contribution is 6.12. The second-order valence-electron chi connectivity index (χ2n) is 20.6. The van der Waals surface area contributed by atoms with Crippen molar-refractivity contribution >= 4 is 58.3 Å². The van der Waals surface area contributed by atoms with E-state index in [0.29, 0.717) is 85.9 Å². The summed E-state index contributed by atoms with van der Waals surface area (Å²) < 4.78 is 36.1. The smallest absolute Gasteiger partial charge is 0.407 e. The van der Waals surface area contributed by atoms with Gasteiger partial charge in [-0.25, -0.2) is 19.3 Å². The third-order valence-corrected chi connectivity index (χ3v) is 15.1. The lowest BCUT2D eigenvalue weighted by Crippen LogP contribution is -2.48. The highest BCUT2D eigenvalue weighted by Gasteiger charge is 2.50. The van der Waals surface area contributed by atoms with E-state index in [1.165, 1.54) is 23.1 Å². The van der Waals surface area contributed by atoms with Crippen molar-refractivity contribution in [3.63, 3.8) is 0 Å². The zero-order valence-electron chi connectivity index (χ0n) is 46.1. The molecule has 5 amide bonds. The van der Waals surface area contributed by atoms with Gasteiger partial charge in [0, 0.05) is 54.1 Å². The number of imide groups is 1. The van der Waals surface area contributed by atoms with Crippen molar-refractivity contribution in [2.45, 2.75) is 97.2 Å². The Labute approximate surface area is 475 Å². The highest BCUT2D eigenvalue weighted by atomic mass is 16.6. The summed E-state index contributed by atoms with van der Waals surface area (Å²) in [4.78, 5) is 121. The van der Waals surface area contributed by atoms with Gasteiger partial charge >= 0.3 is 18.0 Å². The third-order valence-electron chi connectivity index (χ3n) is 15.1. The number of pyridine rings is 2. The topological polar surface area (TPSA) is 317 Å². The predicted molar refractivity (Wildman–Crippen MR) is 291 cm³/mol. The summed E-state index contributed by atoms with van der Waals surface area (Å²) in [7, 11) is 0. The number of carbonyl (C=O) groups is 8. The van der Waals surface area contributed by atoms with Crippen molar-refractivity contribution < 1.29 is 71.9 Å². The molecular formula is C58H65N9O16. The Morgan fingerprint density at radius 2 is 1.58 bits per heavy atom. The molecule has 0 saturated heterocycles. The minimum absolute atomic E-state index is 0.0296. The van der Waals surface area contributed by atoms with Crippen LogP contribution in [0.5, 0.6) is 5.75 Å². The quantitative estimate of drug-likeness (QED) is 0.0249. The van der Waals surface area contributed by atoms with E-state index >= 15 is 0 Å². The molecule has 0 bridgehead atoms. The number of nitrogens with one attached hydrogen (secondary N) is 3. The van der Waals surface area contributed by atoms with Crippen LogP contribution >= 0.6 is 0 Å². The zero-order valence-corrected chi connectivity index (χ0v) is 46.1. The van der Waals surface area contributed by atoms with Gasteiger partial charge in [-0.2, -0.15) is 0 Å². The number of cyclic esters (lactones) is 1. The maximum Gasteiger partial charge on any atom is 0.407 e. The van der Waals surface area contributed by atoms with Gasteiger partial charge in [0.1, 0.15) is 44.4 Å². The molecule has 1 aliphatic carbocycles. The van der Waals surface area contributed by atoms with Crippen LogP contribution in [0.2, 0.25) is 0 Å². The van der Waals surface area contributed by atoms with Crippen LogP contribution in [0.1, 0.15) is 85.0 Å². The van der Waals surface area contributed by atoms with Gasteiger partial charge in [0.25, 0.3) is 17.4 Å². The number of Topliss-reactive ketones (excluding diaryl/α,β-unsaturated/α-hetero) is 1. The number of rotatable bonds is 27. The fourth-order valence-electron chi connectivity index (χ4n) is 10.7. The lowest BCUT2D eigenvalue weighted by molar-refractivity contribution is -0.188. The van der Waals surface area contributed by atoms with E-state index in [9.17, 15) is 48.3 Å². The standard InChI is InChI=1S/C58H65N9O16/c1-3-42-43-24-40(68)13-14-47(43)62-53-44(42)30-66-48(53)25-46-45(55(66)75)33-81-56(76)58(46,4-2)83-52(73)27-61-57(77)82-31-37-7-5-35(6-8-37)23-41(69)32-80-34-49(70)59-17-19-78-21-22-79-20-18-65-29-39(63-64-65)26-60-54(74)38-11-9-36(10-12-38)28-67-50(71)15-16-51(67)72/h5-8,13-16,24-25,29,36,38,68H,3-4,9-12,17-23,26-28,30-34H2,1-2H3,(H,59,70)(H,60,74)(H,61,77)/t36?,38?,58-/m0/s1. The number of fused-ring (bicyclic) bond motifs is 5. The van der Waals surface area contributed by atoms with Gasteiger partial charge in [0.05, 0.1) is 74.7 Å². The van der Waals surface area contributed by atoms with Crippen molar-refractivity contribution in [2.24, 2.45) is 11.8 Å². The Hall–Kier alpha value is -8.68. The number of carbonyl (C=O) groups excluding carboxylic acids is 8. The number of aromatic hydroxyl groups is 1. The van der Waals surface area contributed by atoms with E-state index in [1.807, 2.05) is 6.92 Å². The summed E-state index contributed by atoms with van der Waals surface area (Å²) in [6, 6.07) is 13.2.